The molecule has 0 bridgehead atoms. The smallest absolute Gasteiger partial charge is 0.257 e. The van der Waals surface area contributed by atoms with Gasteiger partial charge in [-0.3, -0.25) is 15.1 Å². The van der Waals surface area contributed by atoms with Crippen LogP contribution < -0.4 is 10.6 Å². The van der Waals surface area contributed by atoms with Gasteiger partial charge >= 0.3 is 0 Å². The number of nitrogens with one attached hydrogen (secondary N) is 2. The lowest BCUT2D eigenvalue weighted by molar-refractivity contribution is 0.102. The second-order valence-electron chi connectivity index (χ2n) is 5.90. The summed E-state index contributed by atoms with van der Waals surface area (Å²) in [6.07, 6.45) is 5.16. The van der Waals surface area contributed by atoms with E-state index < -0.39 is 0 Å². The van der Waals surface area contributed by atoms with Gasteiger partial charge in [-0.1, -0.05) is 23.5 Å². The van der Waals surface area contributed by atoms with Crippen LogP contribution in [0.3, 0.4) is 0 Å². The maximum Gasteiger partial charge on any atom is 0.257 e. The van der Waals surface area contributed by atoms with Gasteiger partial charge in [-0.2, -0.15) is 0 Å². The van der Waals surface area contributed by atoms with Crippen LogP contribution in [0.2, 0.25) is 0 Å². The zero-order valence-electron chi connectivity index (χ0n) is 13.9. The van der Waals surface area contributed by atoms with Crippen LogP contribution in [-0.4, -0.2) is 27.6 Å². The SMILES string of the molecule is Cl.O=C(Nc1nnc(Cc2cccnc2)s1)c1ccc2c(c1)CCNC2. The number of anilines is 1. The Morgan fingerprint density at radius 2 is 2.15 bits per heavy atom. The molecule has 1 amide bonds. The molecule has 3 heterocycles. The Morgan fingerprint density at radius 3 is 3.00 bits per heavy atom. The van der Waals surface area contributed by atoms with Crippen LogP contribution in [0.15, 0.2) is 42.7 Å². The van der Waals surface area contributed by atoms with Crippen molar-refractivity contribution in [1.82, 2.24) is 20.5 Å². The Bertz CT molecular complexity index is 900. The molecule has 0 saturated heterocycles. The molecule has 0 fully saturated rings. The van der Waals surface area contributed by atoms with Crippen LogP contribution in [0.1, 0.15) is 32.1 Å². The van der Waals surface area contributed by atoms with Crippen LogP contribution in [0.5, 0.6) is 0 Å². The first-order valence-electron chi connectivity index (χ1n) is 8.13. The lowest BCUT2D eigenvalue weighted by Crippen LogP contribution is -2.24. The molecule has 1 aliphatic rings. The Morgan fingerprint density at radius 1 is 1.23 bits per heavy atom. The highest BCUT2D eigenvalue weighted by molar-refractivity contribution is 7.15. The van der Waals surface area contributed by atoms with Crippen molar-refractivity contribution in [3.63, 3.8) is 0 Å². The minimum Gasteiger partial charge on any atom is -0.312 e. The number of aromatic nitrogens is 3. The van der Waals surface area contributed by atoms with Gasteiger partial charge < -0.3 is 5.32 Å². The maximum absolute atomic E-state index is 12.5. The third kappa shape index (κ3) is 4.24. The quantitative estimate of drug-likeness (QED) is 0.719. The molecular weight excluding hydrogens is 370 g/mol. The fourth-order valence-electron chi connectivity index (χ4n) is 2.84. The molecule has 0 radical (unpaired) electrons. The van der Waals surface area contributed by atoms with Crippen molar-refractivity contribution >= 4 is 34.8 Å². The number of carbonyl (C=O) groups is 1. The average molecular weight is 388 g/mol. The minimum absolute atomic E-state index is 0. The van der Waals surface area contributed by atoms with Crippen LogP contribution in [0, 0.1) is 0 Å². The van der Waals surface area contributed by atoms with Gasteiger partial charge in [-0.25, -0.2) is 0 Å². The van der Waals surface area contributed by atoms with Gasteiger partial charge in [-0.15, -0.1) is 22.6 Å². The van der Waals surface area contributed by atoms with Gasteiger partial charge in [0, 0.05) is 30.9 Å². The van der Waals surface area contributed by atoms with Crippen molar-refractivity contribution in [2.45, 2.75) is 19.4 Å². The van der Waals surface area contributed by atoms with Gasteiger partial charge in [0.25, 0.3) is 5.91 Å². The fourth-order valence-corrected chi connectivity index (χ4v) is 3.61. The standard InChI is InChI=1S/C18H17N5OS.ClH/c24-17(14-3-4-15-11-20-7-5-13(15)9-14)21-18-23-22-16(25-18)8-12-2-1-6-19-10-12;/h1-4,6,9-10,20H,5,7-8,11H2,(H,21,23,24);1H. The number of benzene rings is 1. The predicted octanol–water partition coefficient (Wildman–Crippen LogP) is 2.84. The molecule has 2 aromatic heterocycles. The van der Waals surface area contributed by atoms with Crippen molar-refractivity contribution in [3.8, 4) is 0 Å². The summed E-state index contributed by atoms with van der Waals surface area (Å²) < 4.78 is 0. The number of fused-ring (bicyclic) bond motifs is 1. The van der Waals surface area contributed by atoms with Crippen molar-refractivity contribution in [2.75, 3.05) is 11.9 Å². The number of amides is 1. The molecule has 0 spiro atoms. The second-order valence-corrected chi connectivity index (χ2v) is 6.97. The first-order chi connectivity index (χ1) is 12.3. The lowest BCUT2D eigenvalue weighted by Gasteiger charge is -2.17. The number of nitrogens with zero attached hydrogens (tertiary/aromatic N) is 3. The molecule has 4 rings (SSSR count). The Kier molecular flexibility index (Phi) is 5.92. The third-order valence-corrected chi connectivity index (χ3v) is 4.96. The molecule has 1 aromatic carbocycles. The van der Waals surface area contributed by atoms with E-state index in [1.54, 1.807) is 6.20 Å². The zero-order valence-corrected chi connectivity index (χ0v) is 15.6. The largest absolute Gasteiger partial charge is 0.312 e. The summed E-state index contributed by atoms with van der Waals surface area (Å²) in [5, 5.41) is 15.8. The average Bonchev–Trinajstić information content (AvgIpc) is 3.09. The molecule has 6 nitrogen and oxygen atoms in total. The van der Waals surface area contributed by atoms with E-state index in [9.17, 15) is 4.79 Å². The first-order valence-corrected chi connectivity index (χ1v) is 8.95. The monoisotopic (exact) mass is 387 g/mol. The summed E-state index contributed by atoms with van der Waals surface area (Å²) in [5.41, 5.74) is 4.22. The first kappa shape index (κ1) is 18.4. The summed E-state index contributed by atoms with van der Waals surface area (Å²) in [5.74, 6) is -0.148. The Balaban J connectivity index is 0.00000196. The van der Waals surface area contributed by atoms with E-state index >= 15 is 0 Å². The number of hydrogen-bond acceptors (Lipinski definition) is 6. The van der Waals surface area contributed by atoms with E-state index in [2.05, 4.69) is 25.8 Å². The van der Waals surface area contributed by atoms with Crippen molar-refractivity contribution in [1.29, 1.82) is 0 Å². The summed E-state index contributed by atoms with van der Waals surface area (Å²) in [4.78, 5) is 16.6. The molecule has 0 unspecified atom stereocenters. The number of halogens is 1. The third-order valence-electron chi connectivity index (χ3n) is 4.12. The number of rotatable bonds is 4. The van der Waals surface area contributed by atoms with Gasteiger partial charge in [0.15, 0.2) is 0 Å². The molecule has 2 N–H and O–H groups in total. The van der Waals surface area contributed by atoms with E-state index in [1.807, 2.05) is 36.5 Å². The van der Waals surface area contributed by atoms with Gasteiger partial charge in [0.2, 0.25) is 5.13 Å². The van der Waals surface area contributed by atoms with Crippen LogP contribution in [-0.2, 0) is 19.4 Å². The van der Waals surface area contributed by atoms with Crippen molar-refractivity contribution < 1.29 is 4.79 Å². The van der Waals surface area contributed by atoms with E-state index in [0.29, 0.717) is 17.1 Å². The maximum atomic E-state index is 12.5. The van der Waals surface area contributed by atoms with Crippen LogP contribution in [0.25, 0.3) is 0 Å². The molecule has 0 aliphatic carbocycles. The van der Waals surface area contributed by atoms with Crippen molar-refractivity contribution in [2.24, 2.45) is 0 Å². The second kappa shape index (κ2) is 8.35. The number of hydrogen-bond donors (Lipinski definition) is 2. The lowest BCUT2D eigenvalue weighted by atomic mass is 9.98. The predicted molar refractivity (Wildman–Crippen MR) is 104 cm³/mol. The van der Waals surface area contributed by atoms with E-state index in [1.165, 1.54) is 22.5 Å². The van der Waals surface area contributed by atoms with Gasteiger partial charge in [0.1, 0.15) is 5.01 Å². The molecule has 1 aliphatic heterocycles. The summed E-state index contributed by atoms with van der Waals surface area (Å²) >= 11 is 1.39. The van der Waals surface area contributed by atoms with E-state index in [-0.39, 0.29) is 18.3 Å². The van der Waals surface area contributed by atoms with E-state index in [4.69, 9.17) is 0 Å². The van der Waals surface area contributed by atoms with Gasteiger partial charge in [-0.05, 0) is 47.9 Å². The minimum atomic E-state index is -0.148. The molecule has 134 valence electrons. The molecule has 0 saturated carbocycles. The number of pyridine rings is 1. The highest BCUT2D eigenvalue weighted by Gasteiger charge is 2.14. The Labute approximate surface area is 161 Å². The highest BCUT2D eigenvalue weighted by atomic mass is 35.5. The van der Waals surface area contributed by atoms with Crippen LogP contribution in [0.4, 0.5) is 5.13 Å². The highest BCUT2D eigenvalue weighted by Crippen LogP contribution is 2.20. The Hall–Kier alpha value is -2.35. The molecule has 0 atom stereocenters. The van der Waals surface area contributed by atoms with Gasteiger partial charge in [0.05, 0.1) is 0 Å². The van der Waals surface area contributed by atoms with Crippen molar-refractivity contribution in [3.05, 3.63) is 70.0 Å². The molecule has 8 heteroatoms. The van der Waals surface area contributed by atoms with E-state index in [0.717, 1.165) is 30.1 Å². The fraction of sp³-hybridized carbons (Fsp3) is 0.222. The topological polar surface area (TPSA) is 79.8 Å². The summed E-state index contributed by atoms with van der Waals surface area (Å²) in [7, 11) is 0. The number of carbonyl (C=O) groups excluding carboxylic acids is 1. The summed E-state index contributed by atoms with van der Waals surface area (Å²) in [6.45, 7) is 1.82. The zero-order chi connectivity index (χ0) is 17.1. The normalized spacial score (nSPS) is 12.8. The molecule has 3 aromatic rings. The molecular formula is C18H18ClN5OS. The molecule has 26 heavy (non-hydrogen) atoms. The van der Waals surface area contributed by atoms with Crippen LogP contribution >= 0.6 is 23.7 Å². The summed E-state index contributed by atoms with van der Waals surface area (Å²) in [6, 6.07) is 9.74.